The molecule has 0 atom stereocenters. The number of rotatable bonds is 3. The van der Waals surface area contributed by atoms with Crippen molar-refractivity contribution < 1.29 is 4.92 Å². The van der Waals surface area contributed by atoms with Gasteiger partial charge in [0.05, 0.1) is 4.92 Å². The number of nitrogens with zero attached hydrogens (tertiary/aromatic N) is 2. The van der Waals surface area contributed by atoms with Crippen LogP contribution in [0, 0.1) is 17.0 Å². The molecule has 0 saturated heterocycles. The Balaban J connectivity index is 2.42. The van der Waals surface area contributed by atoms with E-state index in [-0.39, 0.29) is 10.8 Å². The van der Waals surface area contributed by atoms with Crippen LogP contribution in [0.25, 0.3) is 0 Å². The summed E-state index contributed by atoms with van der Waals surface area (Å²) in [5.41, 5.74) is 1.01. The van der Waals surface area contributed by atoms with Crippen molar-refractivity contribution in [1.82, 2.24) is 4.98 Å². The van der Waals surface area contributed by atoms with E-state index in [1.807, 2.05) is 31.2 Å². The Morgan fingerprint density at radius 3 is 2.67 bits per heavy atom. The van der Waals surface area contributed by atoms with Gasteiger partial charge in [0.2, 0.25) is 0 Å². The van der Waals surface area contributed by atoms with Crippen LogP contribution in [0.4, 0.5) is 5.69 Å². The Bertz CT molecular complexity index is 604. The van der Waals surface area contributed by atoms with Crippen LogP contribution < -0.4 is 0 Å². The summed E-state index contributed by atoms with van der Waals surface area (Å²) in [7, 11) is 0. The van der Waals surface area contributed by atoms with Crippen LogP contribution in [0.1, 0.15) is 5.56 Å². The largest absolute Gasteiger partial charge is 0.301 e. The van der Waals surface area contributed by atoms with E-state index in [4.69, 9.17) is 11.6 Å². The van der Waals surface area contributed by atoms with E-state index in [1.54, 1.807) is 0 Å². The molecule has 0 spiro atoms. The van der Waals surface area contributed by atoms with Crippen molar-refractivity contribution in [2.24, 2.45) is 0 Å². The van der Waals surface area contributed by atoms with Crippen LogP contribution in [0.15, 0.2) is 46.3 Å². The second kappa shape index (κ2) is 5.37. The molecule has 4 nitrogen and oxygen atoms in total. The maximum Gasteiger partial charge on any atom is 0.301 e. The van der Waals surface area contributed by atoms with Crippen molar-refractivity contribution in [3.05, 3.63) is 57.2 Å². The predicted octanol–water partition coefficient (Wildman–Crippen LogP) is 4.10. The average molecular weight is 281 g/mol. The van der Waals surface area contributed by atoms with Crippen molar-refractivity contribution in [3.8, 4) is 0 Å². The van der Waals surface area contributed by atoms with E-state index >= 15 is 0 Å². The lowest BCUT2D eigenvalue weighted by Crippen LogP contribution is -1.94. The third-order valence-corrected chi connectivity index (χ3v) is 3.69. The zero-order chi connectivity index (χ0) is 13.1. The quantitative estimate of drug-likeness (QED) is 0.482. The van der Waals surface area contributed by atoms with Gasteiger partial charge in [-0.15, -0.1) is 0 Å². The fraction of sp³-hybridized carbons (Fsp3) is 0.0833. The summed E-state index contributed by atoms with van der Waals surface area (Å²) in [6, 6.07) is 10.4. The highest BCUT2D eigenvalue weighted by molar-refractivity contribution is 7.99. The molecule has 6 heteroatoms. The topological polar surface area (TPSA) is 56.0 Å². The van der Waals surface area contributed by atoms with Crippen LogP contribution in [-0.2, 0) is 0 Å². The molecule has 0 saturated carbocycles. The van der Waals surface area contributed by atoms with Crippen LogP contribution >= 0.6 is 23.4 Å². The molecule has 0 unspecified atom stereocenters. The maximum atomic E-state index is 10.9. The summed E-state index contributed by atoms with van der Waals surface area (Å²) in [6.45, 7) is 1.94. The van der Waals surface area contributed by atoms with Crippen molar-refractivity contribution >= 4 is 29.1 Å². The Hall–Kier alpha value is -1.59. The molecular weight excluding hydrogens is 272 g/mol. The number of halogens is 1. The van der Waals surface area contributed by atoms with E-state index in [2.05, 4.69) is 4.98 Å². The average Bonchev–Trinajstić information content (AvgIpc) is 2.32. The Kier molecular flexibility index (Phi) is 3.84. The molecule has 1 aromatic heterocycles. The number of hydrogen-bond acceptors (Lipinski definition) is 4. The number of pyridine rings is 1. The lowest BCUT2D eigenvalue weighted by molar-refractivity contribution is -0.388. The Morgan fingerprint density at radius 2 is 2.00 bits per heavy atom. The number of aryl methyl sites for hydroxylation is 1. The summed E-state index contributed by atoms with van der Waals surface area (Å²) in [5, 5.41) is 11.5. The number of benzene rings is 1. The molecule has 0 aliphatic carbocycles. The summed E-state index contributed by atoms with van der Waals surface area (Å²) >= 11 is 7.03. The summed E-state index contributed by atoms with van der Waals surface area (Å²) < 4.78 is 0. The molecule has 18 heavy (non-hydrogen) atoms. The molecule has 0 fully saturated rings. The lowest BCUT2D eigenvalue weighted by atomic mass is 10.2. The third-order valence-electron chi connectivity index (χ3n) is 2.30. The maximum absolute atomic E-state index is 10.9. The van der Waals surface area contributed by atoms with Crippen molar-refractivity contribution in [1.29, 1.82) is 0 Å². The van der Waals surface area contributed by atoms with Crippen LogP contribution in [0.5, 0.6) is 0 Å². The highest BCUT2D eigenvalue weighted by Crippen LogP contribution is 2.35. The molecule has 1 heterocycles. The summed E-state index contributed by atoms with van der Waals surface area (Å²) in [5.74, 6) is 0. The molecule has 0 aliphatic rings. The van der Waals surface area contributed by atoms with Crippen LogP contribution in [0.2, 0.25) is 5.15 Å². The van der Waals surface area contributed by atoms with Gasteiger partial charge in [-0.1, -0.05) is 41.6 Å². The van der Waals surface area contributed by atoms with Crippen molar-refractivity contribution in [2.75, 3.05) is 0 Å². The highest BCUT2D eigenvalue weighted by atomic mass is 35.5. The first kappa shape index (κ1) is 12.9. The number of hydrogen-bond donors (Lipinski definition) is 0. The zero-order valence-corrected chi connectivity index (χ0v) is 11.0. The molecule has 0 radical (unpaired) electrons. The minimum atomic E-state index is -0.454. The van der Waals surface area contributed by atoms with Gasteiger partial charge in [0, 0.05) is 11.0 Å². The molecule has 0 bridgehead atoms. The second-order valence-electron chi connectivity index (χ2n) is 3.58. The number of nitro groups is 1. The van der Waals surface area contributed by atoms with Gasteiger partial charge >= 0.3 is 5.69 Å². The van der Waals surface area contributed by atoms with E-state index < -0.39 is 4.92 Å². The molecule has 0 N–H and O–H groups in total. The molecule has 0 amide bonds. The zero-order valence-electron chi connectivity index (χ0n) is 9.46. The minimum absolute atomic E-state index is 0.0346. The van der Waals surface area contributed by atoms with E-state index in [1.165, 1.54) is 23.9 Å². The predicted molar refractivity (Wildman–Crippen MR) is 71.2 cm³/mol. The van der Waals surface area contributed by atoms with Gasteiger partial charge in [0.1, 0.15) is 5.15 Å². The fourth-order valence-corrected chi connectivity index (χ4v) is 2.57. The molecule has 92 valence electrons. The lowest BCUT2D eigenvalue weighted by Gasteiger charge is -2.05. The summed E-state index contributed by atoms with van der Waals surface area (Å²) in [6.07, 6.45) is 0. The van der Waals surface area contributed by atoms with Crippen LogP contribution in [-0.4, -0.2) is 9.91 Å². The smallest absolute Gasteiger partial charge is 0.258 e. The molecule has 0 aliphatic heterocycles. The molecule has 1 aromatic carbocycles. The fourth-order valence-electron chi connectivity index (χ4n) is 1.40. The van der Waals surface area contributed by atoms with Gasteiger partial charge < -0.3 is 0 Å². The van der Waals surface area contributed by atoms with Crippen molar-refractivity contribution in [3.63, 3.8) is 0 Å². The van der Waals surface area contributed by atoms with E-state index in [0.29, 0.717) is 5.03 Å². The first-order valence-corrected chi connectivity index (χ1v) is 6.32. The van der Waals surface area contributed by atoms with Crippen molar-refractivity contribution in [2.45, 2.75) is 16.8 Å². The first-order chi connectivity index (χ1) is 8.58. The Morgan fingerprint density at radius 1 is 1.28 bits per heavy atom. The third kappa shape index (κ3) is 2.80. The van der Waals surface area contributed by atoms with Gasteiger partial charge in [-0.3, -0.25) is 10.1 Å². The Labute approximate surface area is 113 Å². The SMILES string of the molecule is Cc1ccccc1Sc1nc(Cl)ccc1[N+](=O)[O-]. The monoisotopic (exact) mass is 280 g/mol. The standard InChI is InChI=1S/C12H9ClN2O2S/c1-8-4-2-3-5-10(8)18-12-9(15(16)17)6-7-11(13)14-12/h2-7H,1H3. The molecular formula is C12H9ClN2O2S. The van der Waals surface area contributed by atoms with Gasteiger partial charge in [-0.2, -0.15) is 0 Å². The van der Waals surface area contributed by atoms with Gasteiger partial charge in [0.25, 0.3) is 0 Å². The highest BCUT2D eigenvalue weighted by Gasteiger charge is 2.17. The van der Waals surface area contributed by atoms with Gasteiger partial charge in [-0.25, -0.2) is 4.98 Å². The van der Waals surface area contributed by atoms with Gasteiger partial charge in [-0.05, 0) is 24.6 Å². The van der Waals surface area contributed by atoms with Crippen LogP contribution in [0.3, 0.4) is 0 Å². The molecule has 2 aromatic rings. The van der Waals surface area contributed by atoms with Gasteiger partial charge in [0.15, 0.2) is 5.03 Å². The molecule has 2 rings (SSSR count). The summed E-state index contributed by atoms with van der Waals surface area (Å²) in [4.78, 5) is 15.4. The normalized spacial score (nSPS) is 10.3. The number of aromatic nitrogens is 1. The van der Waals surface area contributed by atoms with E-state index in [0.717, 1.165) is 10.5 Å². The second-order valence-corrected chi connectivity index (χ2v) is 5.00. The minimum Gasteiger partial charge on any atom is -0.258 e. The van der Waals surface area contributed by atoms with E-state index in [9.17, 15) is 10.1 Å². The first-order valence-electron chi connectivity index (χ1n) is 5.12.